The van der Waals surface area contributed by atoms with E-state index < -0.39 is 0 Å². The Morgan fingerprint density at radius 1 is 1.60 bits per heavy atom. The highest BCUT2D eigenvalue weighted by Gasteiger charge is 2.13. The van der Waals surface area contributed by atoms with E-state index in [9.17, 15) is 4.79 Å². The number of hydrogen-bond acceptors (Lipinski definition) is 3. The van der Waals surface area contributed by atoms with E-state index in [1.165, 1.54) is 7.11 Å². The van der Waals surface area contributed by atoms with Gasteiger partial charge in [0.1, 0.15) is 0 Å². The minimum atomic E-state index is -0.239. The maximum atomic E-state index is 11.1. The number of benzene rings is 1. The first kappa shape index (κ1) is 11.9. The lowest BCUT2D eigenvalue weighted by molar-refractivity contribution is -0.140. The summed E-state index contributed by atoms with van der Waals surface area (Å²) in [4.78, 5) is 11.1. The van der Waals surface area contributed by atoms with Crippen LogP contribution in [0, 0.1) is 0 Å². The molecular formula is C11H14ClNO2. The number of ether oxygens (including phenoxy) is 1. The van der Waals surface area contributed by atoms with E-state index >= 15 is 0 Å². The van der Waals surface area contributed by atoms with Crippen molar-refractivity contribution in [1.82, 2.24) is 0 Å². The normalized spacial score (nSPS) is 12.2. The highest BCUT2D eigenvalue weighted by molar-refractivity contribution is 6.30. The molecule has 0 aliphatic carbocycles. The topological polar surface area (TPSA) is 52.3 Å². The fourth-order valence-electron chi connectivity index (χ4n) is 1.44. The number of nitrogens with two attached hydrogens (primary N) is 1. The highest BCUT2D eigenvalue weighted by Crippen LogP contribution is 2.27. The fourth-order valence-corrected chi connectivity index (χ4v) is 1.62. The van der Waals surface area contributed by atoms with Crippen LogP contribution in [0.4, 0.5) is 5.69 Å². The van der Waals surface area contributed by atoms with Crippen LogP contribution in [0.25, 0.3) is 0 Å². The molecule has 0 saturated carbocycles. The molecule has 82 valence electrons. The van der Waals surface area contributed by atoms with Crippen LogP contribution in [-0.4, -0.2) is 13.1 Å². The Morgan fingerprint density at radius 3 is 2.80 bits per heavy atom. The lowest BCUT2D eigenvalue weighted by atomic mass is 9.96. The Kier molecular flexibility index (Phi) is 3.97. The van der Waals surface area contributed by atoms with E-state index in [0.717, 1.165) is 5.56 Å². The SMILES string of the molecule is COC(=O)CC(C)c1ccc(Cl)cc1N. The Bertz CT molecular complexity index is 366. The molecule has 3 nitrogen and oxygen atoms in total. The molecule has 0 bridgehead atoms. The molecule has 0 aliphatic heterocycles. The first-order chi connectivity index (χ1) is 7.04. The monoisotopic (exact) mass is 227 g/mol. The standard InChI is InChI=1S/C11H14ClNO2/c1-7(5-11(14)15-2)9-4-3-8(12)6-10(9)13/h3-4,6-7H,5,13H2,1-2H3. The summed E-state index contributed by atoms with van der Waals surface area (Å²) < 4.78 is 4.60. The first-order valence-corrected chi connectivity index (χ1v) is 5.04. The number of carbonyl (C=O) groups excluding carboxylic acids is 1. The Hall–Kier alpha value is -1.22. The number of halogens is 1. The van der Waals surface area contributed by atoms with E-state index in [0.29, 0.717) is 17.1 Å². The molecule has 0 radical (unpaired) electrons. The van der Waals surface area contributed by atoms with E-state index in [2.05, 4.69) is 4.74 Å². The van der Waals surface area contributed by atoms with E-state index in [1.807, 2.05) is 13.0 Å². The summed E-state index contributed by atoms with van der Waals surface area (Å²) in [7, 11) is 1.38. The quantitative estimate of drug-likeness (QED) is 0.638. The first-order valence-electron chi connectivity index (χ1n) is 4.66. The largest absolute Gasteiger partial charge is 0.469 e. The van der Waals surface area contributed by atoms with Gasteiger partial charge in [-0.3, -0.25) is 4.79 Å². The second-order valence-electron chi connectivity index (χ2n) is 3.45. The predicted octanol–water partition coefficient (Wildman–Crippen LogP) is 2.59. The Labute approximate surface area is 94.2 Å². The summed E-state index contributed by atoms with van der Waals surface area (Å²) in [5.41, 5.74) is 7.33. The van der Waals surface area contributed by atoms with Gasteiger partial charge in [0, 0.05) is 10.7 Å². The summed E-state index contributed by atoms with van der Waals surface area (Å²) >= 11 is 5.78. The van der Waals surface area contributed by atoms with Gasteiger partial charge in [0.15, 0.2) is 0 Å². The summed E-state index contributed by atoms with van der Waals surface area (Å²) in [6, 6.07) is 5.29. The van der Waals surface area contributed by atoms with Gasteiger partial charge >= 0.3 is 5.97 Å². The molecule has 15 heavy (non-hydrogen) atoms. The Balaban J connectivity index is 2.82. The molecule has 0 heterocycles. The number of anilines is 1. The van der Waals surface area contributed by atoms with Crippen molar-refractivity contribution in [2.75, 3.05) is 12.8 Å². The van der Waals surface area contributed by atoms with Gasteiger partial charge in [0.05, 0.1) is 13.5 Å². The lowest BCUT2D eigenvalue weighted by Crippen LogP contribution is -2.07. The lowest BCUT2D eigenvalue weighted by Gasteiger charge is -2.13. The van der Waals surface area contributed by atoms with E-state index in [4.69, 9.17) is 17.3 Å². The van der Waals surface area contributed by atoms with Crippen LogP contribution in [-0.2, 0) is 9.53 Å². The van der Waals surface area contributed by atoms with E-state index in [-0.39, 0.29) is 11.9 Å². The molecule has 0 aliphatic rings. The highest BCUT2D eigenvalue weighted by atomic mass is 35.5. The van der Waals surface area contributed by atoms with Crippen LogP contribution < -0.4 is 5.73 Å². The van der Waals surface area contributed by atoms with Crippen LogP contribution in [0.15, 0.2) is 18.2 Å². The maximum absolute atomic E-state index is 11.1. The second-order valence-corrected chi connectivity index (χ2v) is 3.89. The van der Waals surface area contributed by atoms with Gasteiger partial charge in [-0.1, -0.05) is 24.6 Å². The van der Waals surface area contributed by atoms with Crippen LogP contribution in [0.2, 0.25) is 5.02 Å². The molecule has 0 saturated heterocycles. The number of hydrogen-bond donors (Lipinski definition) is 1. The predicted molar refractivity (Wildman–Crippen MR) is 60.9 cm³/mol. The van der Waals surface area contributed by atoms with Crippen molar-refractivity contribution in [2.45, 2.75) is 19.3 Å². The zero-order valence-electron chi connectivity index (χ0n) is 8.79. The molecular weight excluding hydrogens is 214 g/mol. The molecule has 0 fully saturated rings. The minimum absolute atomic E-state index is 0.0368. The third-order valence-corrected chi connectivity index (χ3v) is 2.52. The van der Waals surface area contributed by atoms with Gasteiger partial charge in [0.25, 0.3) is 0 Å². The summed E-state index contributed by atoms with van der Waals surface area (Å²) in [5.74, 6) is -0.202. The van der Waals surface area contributed by atoms with Gasteiger partial charge in [0.2, 0.25) is 0 Å². The van der Waals surface area contributed by atoms with Crippen molar-refractivity contribution in [3.63, 3.8) is 0 Å². The molecule has 0 amide bonds. The number of nitrogen functional groups attached to an aromatic ring is 1. The van der Waals surface area contributed by atoms with Crippen LogP contribution in [0.3, 0.4) is 0 Å². The molecule has 0 spiro atoms. The fraction of sp³-hybridized carbons (Fsp3) is 0.364. The van der Waals surface area contributed by atoms with Crippen LogP contribution >= 0.6 is 11.6 Å². The van der Waals surface area contributed by atoms with Crippen molar-refractivity contribution in [1.29, 1.82) is 0 Å². The van der Waals surface area contributed by atoms with Crippen molar-refractivity contribution in [3.8, 4) is 0 Å². The van der Waals surface area contributed by atoms with E-state index in [1.54, 1.807) is 12.1 Å². The van der Waals surface area contributed by atoms with Crippen molar-refractivity contribution in [2.24, 2.45) is 0 Å². The Morgan fingerprint density at radius 2 is 2.27 bits per heavy atom. The summed E-state index contributed by atoms with van der Waals surface area (Å²) in [5, 5.41) is 0.599. The number of rotatable bonds is 3. The summed E-state index contributed by atoms with van der Waals surface area (Å²) in [6.07, 6.45) is 0.322. The number of methoxy groups -OCH3 is 1. The molecule has 1 atom stereocenters. The zero-order valence-corrected chi connectivity index (χ0v) is 9.54. The molecule has 4 heteroatoms. The van der Waals surface area contributed by atoms with Crippen molar-refractivity contribution >= 4 is 23.3 Å². The average molecular weight is 228 g/mol. The third kappa shape index (κ3) is 3.13. The van der Waals surface area contributed by atoms with Gasteiger partial charge < -0.3 is 10.5 Å². The molecule has 0 aromatic heterocycles. The molecule has 2 N–H and O–H groups in total. The zero-order chi connectivity index (χ0) is 11.4. The average Bonchev–Trinajstić information content (AvgIpc) is 2.17. The maximum Gasteiger partial charge on any atom is 0.306 e. The number of carbonyl (C=O) groups is 1. The second kappa shape index (κ2) is 5.03. The summed E-state index contributed by atoms with van der Waals surface area (Å²) in [6.45, 7) is 1.93. The van der Waals surface area contributed by atoms with Gasteiger partial charge in [-0.25, -0.2) is 0 Å². The molecule has 1 aromatic carbocycles. The number of esters is 1. The smallest absolute Gasteiger partial charge is 0.306 e. The van der Waals surface area contributed by atoms with Gasteiger partial charge in [-0.15, -0.1) is 0 Å². The van der Waals surface area contributed by atoms with Gasteiger partial charge in [-0.05, 0) is 23.6 Å². The minimum Gasteiger partial charge on any atom is -0.469 e. The van der Waals surface area contributed by atoms with Crippen LogP contribution in [0.5, 0.6) is 0 Å². The van der Waals surface area contributed by atoms with Crippen molar-refractivity contribution < 1.29 is 9.53 Å². The van der Waals surface area contributed by atoms with Crippen LogP contribution in [0.1, 0.15) is 24.8 Å². The third-order valence-electron chi connectivity index (χ3n) is 2.28. The molecule has 1 rings (SSSR count). The van der Waals surface area contributed by atoms with Crippen molar-refractivity contribution in [3.05, 3.63) is 28.8 Å². The molecule has 1 unspecified atom stereocenters. The molecule has 1 aromatic rings. The van der Waals surface area contributed by atoms with Gasteiger partial charge in [-0.2, -0.15) is 0 Å².